The molecule has 1 aromatic carbocycles. The van der Waals surface area contributed by atoms with E-state index in [1.54, 1.807) is 0 Å². The SMILES string of the molecule is CCCCCSCCOc1ccc(C#CCCO)cc1. The average molecular weight is 292 g/mol. The van der Waals surface area contributed by atoms with Gasteiger partial charge in [-0.3, -0.25) is 0 Å². The Morgan fingerprint density at radius 1 is 1.15 bits per heavy atom. The first-order valence-electron chi connectivity index (χ1n) is 7.27. The van der Waals surface area contributed by atoms with Crippen LogP contribution in [0.2, 0.25) is 0 Å². The third-order valence-corrected chi connectivity index (χ3v) is 3.75. The summed E-state index contributed by atoms with van der Waals surface area (Å²) in [5.74, 6) is 9.07. The highest BCUT2D eigenvalue weighted by Gasteiger charge is 1.95. The molecule has 0 atom stereocenters. The summed E-state index contributed by atoms with van der Waals surface area (Å²) in [5, 5.41) is 8.65. The Hall–Kier alpha value is -1.11. The van der Waals surface area contributed by atoms with Crippen LogP contribution in [0.3, 0.4) is 0 Å². The normalized spacial score (nSPS) is 9.90. The average Bonchev–Trinajstić information content (AvgIpc) is 2.48. The minimum absolute atomic E-state index is 0.115. The van der Waals surface area contributed by atoms with Crippen molar-refractivity contribution < 1.29 is 9.84 Å². The largest absolute Gasteiger partial charge is 0.493 e. The van der Waals surface area contributed by atoms with E-state index >= 15 is 0 Å². The minimum Gasteiger partial charge on any atom is -0.493 e. The molecule has 0 aliphatic heterocycles. The van der Waals surface area contributed by atoms with E-state index in [2.05, 4.69) is 18.8 Å². The van der Waals surface area contributed by atoms with Crippen molar-refractivity contribution in [3.05, 3.63) is 29.8 Å². The molecule has 0 spiro atoms. The smallest absolute Gasteiger partial charge is 0.119 e. The quantitative estimate of drug-likeness (QED) is 0.555. The Morgan fingerprint density at radius 3 is 2.65 bits per heavy atom. The molecule has 0 saturated carbocycles. The third kappa shape index (κ3) is 8.14. The van der Waals surface area contributed by atoms with Gasteiger partial charge in [-0.2, -0.15) is 11.8 Å². The van der Waals surface area contributed by atoms with Crippen LogP contribution in [-0.2, 0) is 0 Å². The van der Waals surface area contributed by atoms with Crippen molar-refractivity contribution in [2.24, 2.45) is 0 Å². The zero-order valence-corrected chi connectivity index (χ0v) is 13.0. The first kappa shape index (κ1) is 16.9. The van der Waals surface area contributed by atoms with E-state index in [9.17, 15) is 0 Å². The van der Waals surface area contributed by atoms with E-state index in [1.807, 2.05) is 36.0 Å². The molecule has 0 radical (unpaired) electrons. The van der Waals surface area contributed by atoms with Crippen molar-refractivity contribution in [2.75, 3.05) is 24.7 Å². The van der Waals surface area contributed by atoms with Gasteiger partial charge in [0, 0.05) is 17.7 Å². The summed E-state index contributed by atoms with van der Waals surface area (Å²) in [6.07, 6.45) is 4.44. The van der Waals surface area contributed by atoms with E-state index in [0.717, 1.165) is 23.7 Å². The molecule has 20 heavy (non-hydrogen) atoms. The maximum atomic E-state index is 8.65. The Morgan fingerprint density at radius 2 is 1.95 bits per heavy atom. The van der Waals surface area contributed by atoms with E-state index in [0.29, 0.717) is 6.42 Å². The molecule has 0 unspecified atom stereocenters. The van der Waals surface area contributed by atoms with Crippen LogP contribution in [-0.4, -0.2) is 29.8 Å². The van der Waals surface area contributed by atoms with E-state index in [-0.39, 0.29) is 6.61 Å². The Labute approximate surface area is 126 Å². The number of aliphatic hydroxyl groups excluding tert-OH is 1. The van der Waals surface area contributed by atoms with Crippen molar-refractivity contribution in [3.63, 3.8) is 0 Å². The molecule has 1 aromatic rings. The zero-order chi connectivity index (χ0) is 14.5. The standard InChI is InChI=1S/C17H24O2S/c1-2-3-6-14-20-15-13-19-17-10-8-16(9-11-17)7-4-5-12-18/h8-11,18H,2-3,5-6,12-15H2,1H3. The van der Waals surface area contributed by atoms with Crippen molar-refractivity contribution in [3.8, 4) is 17.6 Å². The first-order chi connectivity index (χ1) is 9.86. The van der Waals surface area contributed by atoms with Gasteiger partial charge in [0.2, 0.25) is 0 Å². The maximum absolute atomic E-state index is 8.65. The summed E-state index contributed by atoms with van der Waals surface area (Å²) < 4.78 is 5.68. The number of hydrogen-bond donors (Lipinski definition) is 1. The molecule has 0 aliphatic rings. The number of rotatable bonds is 9. The lowest BCUT2D eigenvalue weighted by Crippen LogP contribution is -2.00. The van der Waals surface area contributed by atoms with Crippen molar-refractivity contribution in [1.29, 1.82) is 0 Å². The van der Waals surface area contributed by atoms with E-state index in [1.165, 1.54) is 25.0 Å². The maximum Gasteiger partial charge on any atom is 0.119 e. The number of hydrogen-bond acceptors (Lipinski definition) is 3. The summed E-state index contributed by atoms with van der Waals surface area (Å²) in [4.78, 5) is 0. The summed E-state index contributed by atoms with van der Waals surface area (Å²) in [5.41, 5.74) is 0.958. The third-order valence-electron chi connectivity index (χ3n) is 2.71. The summed E-state index contributed by atoms with van der Waals surface area (Å²) in [6.45, 7) is 3.10. The number of unbranched alkanes of at least 4 members (excludes halogenated alkanes) is 2. The molecular formula is C17H24O2S. The molecule has 0 aliphatic carbocycles. The minimum atomic E-state index is 0.115. The van der Waals surface area contributed by atoms with Gasteiger partial charge < -0.3 is 9.84 Å². The second kappa shape index (κ2) is 11.7. The fraction of sp³-hybridized carbons (Fsp3) is 0.529. The van der Waals surface area contributed by atoms with Crippen LogP contribution in [0.5, 0.6) is 5.75 Å². The van der Waals surface area contributed by atoms with Gasteiger partial charge in [0.05, 0.1) is 13.2 Å². The highest BCUT2D eigenvalue weighted by atomic mass is 32.2. The molecule has 0 heterocycles. The predicted octanol–water partition coefficient (Wildman–Crippen LogP) is 3.72. The van der Waals surface area contributed by atoms with E-state index < -0.39 is 0 Å². The highest BCUT2D eigenvalue weighted by Crippen LogP contribution is 2.13. The van der Waals surface area contributed by atoms with Crippen LogP contribution in [0.15, 0.2) is 24.3 Å². The van der Waals surface area contributed by atoms with Gasteiger partial charge >= 0.3 is 0 Å². The summed E-state index contributed by atoms with van der Waals surface area (Å²) in [6, 6.07) is 7.80. The number of aliphatic hydroxyl groups is 1. The van der Waals surface area contributed by atoms with Crippen molar-refractivity contribution in [2.45, 2.75) is 32.6 Å². The summed E-state index contributed by atoms with van der Waals surface area (Å²) >= 11 is 1.96. The van der Waals surface area contributed by atoms with Crippen LogP contribution in [0.4, 0.5) is 0 Å². The van der Waals surface area contributed by atoms with Crippen LogP contribution in [0, 0.1) is 11.8 Å². The number of ether oxygens (including phenoxy) is 1. The molecule has 1 rings (SSSR count). The van der Waals surface area contributed by atoms with Crippen LogP contribution >= 0.6 is 11.8 Å². The molecule has 3 heteroatoms. The Bertz CT molecular complexity index is 403. The van der Waals surface area contributed by atoms with Gasteiger partial charge in [-0.1, -0.05) is 31.6 Å². The molecule has 0 aromatic heterocycles. The number of thioether (sulfide) groups is 1. The van der Waals surface area contributed by atoms with Crippen LogP contribution in [0.25, 0.3) is 0 Å². The lowest BCUT2D eigenvalue weighted by molar-refractivity contribution is 0.305. The lowest BCUT2D eigenvalue weighted by Gasteiger charge is -2.06. The molecule has 110 valence electrons. The first-order valence-corrected chi connectivity index (χ1v) is 8.42. The monoisotopic (exact) mass is 292 g/mol. The van der Waals surface area contributed by atoms with Gasteiger partial charge in [-0.05, 0) is 36.4 Å². The Kier molecular flexibility index (Phi) is 9.91. The zero-order valence-electron chi connectivity index (χ0n) is 12.2. The highest BCUT2D eigenvalue weighted by molar-refractivity contribution is 7.99. The van der Waals surface area contributed by atoms with Gasteiger partial charge in [-0.15, -0.1) is 0 Å². The van der Waals surface area contributed by atoms with Gasteiger partial charge in [-0.25, -0.2) is 0 Å². The van der Waals surface area contributed by atoms with Gasteiger partial charge in [0.15, 0.2) is 0 Å². The topological polar surface area (TPSA) is 29.5 Å². The van der Waals surface area contributed by atoms with E-state index in [4.69, 9.17) is 9.84 Å². The van der Waals surface area contributed by atoms with Gasteiger partial charge in [0.1, 0.15) is 5.75 Å². The fourth-order valence-corrected chi connectivity index (χ4v) is 2.44. The second-order valence-corrected chi connectivity index (χ2v) is 5.69. The van der Waals surface area contributed by atoms with Crippen LogP contribution < -0.4 is 4.74 Å². The van der Waals surface area contributed by atoms with Gasteiger partial charge in [0.25, 0.3) is 0 Å². The molecule has 0 amide bonds. The fourth-order valence-electron chi connectivity index (χ4n) is 1.63. The molecule has 0 fully saturated rings. The predicted molar refractivity (Wildman–Crippen MR) is 87.4 cm³/mol. The van der Waals surface area contributed by atoms with Crippen molar-refractivity contribution >= 4 is 11.8 Å². The second-order valence-electron chi connectivity index (χ2n) is 4.47. The van der Waals surface area contributed by atoms with Crippen molar-refractivity contribution in [1.82, 2.24) is 0 Å². The lowest BCUT2D eigenvalue weighted by atomic mass is 10.2. The van der Waals surface area contributed by atoms with Crippen LogP contribution in [0.1, 0.15) is 38.2 Å². The number of benzene rings is 1. The molecule has 2 nitrogen and oxygen atoms in total. The molecular weight excluding hydrogens is 268 g/mol. The molecule has 0 bridgehead atoms. The Balaban J connectivity index is 2.17. The summed E-state index contributed by atoms with van der Waals surface area (Å²) in [7, 11) is 0. The molecule has 1 N–H and O–H groups in total. The molecule has 0 saturated heterocycles.